The number of ether oxygens (including phenoxy) is 2. The fourth-order valence-electron chi connectivity index (χ4n) is 2.70. The molecular formula is C19H27FN2O3. The second-order valence-corrected chi connectivity index (χ2v) is 6.08. The van der Waals surface area contributed by atoms with Crippen LogP contribution in [0.2, 0.25) is 0 Å². The van der Waals surface area contributed by atoms with E-state index < -0.39 is 6.67 Å². The van der Waals surface area contributed by atoms with Crippen molar-refractivity contribution in [3.8, 4) is 5.75 Å². The summed E-state index contributed by atoms with van der Waals surface area (Å²) >= 11 is 0. The lowest BCUT2D eigenvalue weighted by Gasteiger charge is -2.16. The van der Waals surface area contributed by atoms with E-state index in [0.29, 0.717) is 31.9 Å². The second-order valence-electron chi connectivity index (χ2n) is 6.08. The molecule has 0 aliphatic carbocycles. The summed E-state index contributed by atoms with van der Waals surface area (Å²) in [4.78, 5) is 12.8. The monoisotopic (exact) mass is 350 g/mol. The Morgan fingerprint density at radius 3 is 2.76 bits per heavy atom. The van der Waals surface area contributed by atoms with E-state index in [-0.39, 0.29) is 18.2 Å². The summed E-state index contributed by atoms with van der Waals surface area (Å²) in [6.07, 6.45) is 0.0604. The zero-order chi connectivity index (χ0) is 18.2. The van der Waals surface area contributed by atoms with E-state index in [4.69, 9.17) is 9.47 Å². The molecule has 0 fully saturated rings. The first-order valence-corrected chi connectivity index (χ1v) is 8.74. The third-order valence-electron chi connectivity index (χ3n) is 3.76. The third-order valence-corrected chi connectivity index (χ3v) is 3.76. The molecular weight excluding hydrogens is 323 g/mol. The Morgan fingerprint density at radius 1 is 1.28 bits per heavy atom. The van der Waals surface area contributed by atoms with Crippen LogP contribution in [0.3, 0.4) is 0 Å². The van der Waals surface area contributed by atoms with E-state index in [0.717, 1.165) is 16.7 Å². The van der Waals surface area contributed by atoms with E-state index >= 15 is 0 Å². The predicted octanol–water partition coefficient (Wildman–Crippen LogP) is 2.88. The molecule has 0 radical (unpaired) electrons. The first-order valence-electron chi connectivity index (χ1n) is 8.74. The number of alkyl halides is 1. The van der Waals surface area contributed by atoms with E-state index in [1.54, 1.807) is 4.57 Å². The van der Waals surface area contributed by atoms with Gasteiger partial charge >= 0.3 is 0 Å². The molecule has 0 bridgehead atoms. The minimum absolute atomic E-state index is 0.0604. The Kier molecular flexibility index (Phi) is 7.40. The van der Waals surface area contributed by atoms with Crippen molar-refractivity contribution in [2.24, 2.45) is 0 Å². The molecule has 1 aromatic carbocycles. The van der Waals surface area contributed by atoms with Gasteiger partial charge in [-0.25, -0.2) is 4.39 Å². The lowest BCUT2D eigenvalue weighted by atomic mass is 10.1. The summed E-state index contributed by atoms with van der Waals surface area (Å²) in [5.74, 6) is 0.732. The Bertz CT molecular complexity index is 743. The normalized spacial score (nSPS) is 11.4. The number of fused-ring (bicyclic) bond motifs is 1. The first kappa shape index (κ1) is 19.4. The number of nitrogens with zero attached hydrogens (tertiary/aromatic N) is 1. The highest BCUT2D eigenvalue weighted by molar-refractivity contribution is 5.81. The van der Waals surface area contributed by atoms with Crippen molar-refractivity contribution in [3.63, 3.8) is 0 Å². The molecule has 0 amide bonds. The van der Waals surface area contributed by atoms with Crippen LogP contribution < -0.4 is 15.6 Å². The highest BCUT2D eigenvalue weighted by Gasteiger charge is 2.11. The summed E-state index contributed by atoms with van der Waals surface area (Å²) in [6.45, 7) is 7.50. The standard InChI is InChI=1S/C19H27FN2O3/c1-4-24-10-9-22-18-12-17(25-14(2)3)6-5-15(18)11-16(19(22)23)13-21-8-7-20/h5-6,11-12,14,21H,4,7-10,13H2,1-3H3. The SMILES string of the molecule is CCOCCn1c(=O)c(CNCCF)cc2ccc(OC(C)C)cc21. The van der Waals surface area contributed by atoms with Crippen LogP contribution in [0, 0.1) is 0 Å². The molecule has 5 nitrogen and oxygen atoms in total. The van der Waals surface area contributed by atoms with E-state index in [1.165, 1.54) is 0 Å². The molecule has 1 heterocycles. The molecule has 138 valence electrons. The zero-order valence-electron chi connectivity index (χ0n) is 15.2. The maximum atomic E-state index is 12.8. The van der Waals surface area contributed by atoms with Gasteiger partial charge in [0.05, 0.1) is 18.2 Å². The van der Waals surface area contributed by atoms with Gasteiger partial charge in [-0.15, -0.1) is 0 Å². The van der Waals surface area contributed by atoms with Crippen molar-refractivity contribution in [1.29, 1.82) is 0 Å². The fourth-order valence-corrected chi connectivity index (χ4v) is 2.70. The average molecular weight is 350 g/mol. The van der Waals surface area contributed by atoms with Gasteiger partial charge in [0.1, 0.15) is 12.4 Å². The summed E-state index contributed by atoms with van der Waals surface area (Å²) in [5, 5.41) is 3.89. The molecule has 1 N–H and O–H groups in total. The van der Waals surface area contributed by atoms with Gasteiger partial charge in [0.25, 0.3) is 5.56 Å². The third kappa shape index (κ3) is 5.28. The number of aromatic nitrogens is 1. The maximum absolute atomic E-state index is 12.8. The van der Waals surface area contributed by atoms with E-state index in [9.17, 15) is 9.18 Å². The van der Waals surface area contributed by atoms with Crippen molar-refractivity contribution in [1.82, 2.24) is 9.88 Å². The van der Waals surface area contributed by atoms with Gasteiger partial charge in [-0.05, 0) is 44.4 Å². The lowest BCUT2D eigenvalue weighted by molar-refractivity contribution is 0.139. The molecule has 0 atom stereocenters. The largest absolute Gasteiger partial charge is 0.491 e. The minimum Gasteiger partial charge on any atom is -0.491 e. The van der Waals surface area contributed by atoms with Crippen molar-refractivity contribution >= 4 is 10.9 Å². The van der Waals surface area contributed by atoms with Crippen LogP contribution in [0.1, 0.15) is 26.3 Å². The number of halogens is 1. The molecule has 0 saturated heterocycles. The molecule has 0 unspecified atom stereocenters. The molecule has 2 rings (SSSR count). The first-order chi connectivity index (χ1) is 12.1. The zero-order valence-corrected chi connectivity index (χ0v) is 15.2. The van der Waals surface area contributed by atoms with Crippen LogP contribution in [-0.2, 0) is 17.8 Å². The molecule has 0 aliphatic heterocycles. The highest BCUT2D eigenvalue weighted by atomic mass is 19.1. The van der Waals surface area contributed by atoms with Crippen LogP contribution in [0.4, 0.5) is 4.39 Å². The number of hydrogen-bond acceptors (Lipinski definition) is 4. The van der Waals surface area contributed by atoms with Crippen LogP contribution >= 0.6 is 0 Å². The Balaban J connectivity index is 2.44. The number of benzene rings is 1. The van der Waals surface area contributed by atoms with Crippen molar-refractivity contribution in [2.75, 3.05) is 26.4 Å². The van der Waals surface area contributed by atoms with Gasteiger partial charge in [-0.3, -0.25) is 4.79 Å². The lowest BCUT2D eigenvalue weighted by Crippen LogP contribution is -2.29. The van der Waals surface area contributed by atoms with Gasteiger partial charge in [0, 0.05) is 37.9 Å². The van der Waals surface area contributed by atoms with Crippen molar-refractivity contribution < 1.29 is 13.9 Å². The summed E-state index contributed by atoms with van der Waals surface area (Å²) in [5.41, 5.74) is 1.35. The topological polar surface area (TPSA) is 52.5 Å². The van der Waals surface area contributed by atoms with Crippen molar-refractivity contribution in [3.05, 3.63) is 40.2 Å². The van der Waals surface area contributed by atoms with Gasteiger partial charge in [-0.2, -0.15) is 0 Å². The van der Waals surface area contributed by atoms with Crippen LogP contribution in [0.15, 0.2) is 29.1 Å². The Hall–Kier alpha value is -1.92. The Morgan fingerprint density at radius 2 is 2.08 bits per heavy atom. The van der Waals surface area contributed by atoms with Crippen LogP contribution in [0.25, 0.3) is 10.9 Å². The van der Waals surface area contributed by atoms with Gasteiger partial charge in [-0.1, -0.05) is 0 Å². The predicted molar refractivity (Wildman–Crippen MR) is 98.1 cm³/mol. The number of nitrogens with one attached hydrogen (secondary N) is 1. The molecule has 0 aliphatic rings. The van der Waals surface area contributed by atoms with Gasteiger partial charge in [0.2, 0.25) is 0 Å². The van der Waals surface area contributed by atoms with E-state index in [2.05, 4.69) is 5.32 Å². The molecule has 6 heteroatoms. The van der Waals surface area contributed by atoms with Crippen LogP contribution in [0.5, 0.6) is 5.75 Å². The summed E-state index contributed by atoms with van der Waals surface area (Å²) in [7, 11) is 0. The molecule has 25 heavy (non-hydrogen) atoms. The van der Waals surface area contributed by atoms with E-state index in [1.807, 2.05) is 45.0 Å². The van der Waals surface area contributed by atoms with Gasteiger partial charge in [0.15, 0.2) is 0 Å². The quantitative estimate of drug-likeness (QED) is 0.670. The number of hydrogen-bond donors (Lipinski definition) is 1. The highest BCUT2D eigenvalue weighted by Crippen LogP contribution is 2.22. The Labute approximate surface area is 147 Å². The summed E-state index contributed by atoms with van der Waals surface area (Å²) in [6, 6.07) is 7.60. The molecule has 0 spiro atoms. The van der Waals surface area contributed by atoms with Crippen molar-refractivity contribution in [2.45, 2.75) is 40.0 Å². The maximum Gasteiger partial charge on any atom is 0.255 e. The van der Waals surface area contributed by atoms with Gasteiger partial charge < -0.3 is 19.4 Å². The minimum atomic E-state index is -0.456. The second kappa shape index (κ2) is 9.53. The molecule has 0 saturated carbocycles. The molecule has 1 aromatic heterocycles. The summed E-state index contributed by atoms with van der Waals surface area (Å²) < 4.78 is 25.2. The number of pyridine rings is 1. The average Bonchev–Trinajstić information content (AvgIpc) is 2.58. The smallest absolute Gasteiger partial charge is 0.255 e. The molecule has 2 aromatic rings. The van der Waals surface area contributed by atoms with Crippen LogP contribution in [-0.4, -0.2) is 37.1 Å². The fraction of sp³-hybridized carbons (Fsp3) is 0.526. The number of rotatable bonds is 10.